The van der Waals surface area contributed by atoms with Crippen LogP contribution in [0, 0.1) is 11.3 Å². The van der Waals surface area contributed by atoms with Crippen LogP contribution in [-0.2, 0) is 9.53 Å². The molecule has 0 bridgehead atoms. The summed E-state index contributed by atoms with van der Waals surface area (Å²) in [5.41, 5.74) is 1.02. The minimum atomic E-state index is -0.202. The van der Waals surface area contributed by atoms with Gasteiger partial charge in [-0.15, -0.1) is 0 Å². The van der Waals surface area contributed by atoms with Gasteiger partial charge in [-0.2, -0.15) is 0 Å². The Balaban J connectivity index is 1.99. The van der Waals surface area contributed by atoms with Crippen molar-refractivity contribution in [3.8, 4) is 0 Å². The third kappa shape index (κ3) is 4.06. The quantitative estimate of drug-likeness (QED) is 0.515. The highest BCUT2D eigenvalue weighted by Gasteiger charge is 2.29. The molecule has 1 aromatic rings. The van der Waals surface area contributed by atoms with Crippen molar-refractivity contribution in [1.82, 2.24) is 4.90 Å². The fourth-order valence-electron chi connectivity index (χ4n) is 2.81. The lowest BCUT2D eigenvalue weighted by atomic mass is 9.88. The Labute approximate surface area is 126 Å². The second-order valence-electron chi connectivity index (χ2n) is 5.93. The average Bonchev–Trinajstić information content (AvgIpc) is 2.49. The molecule has 1 saturated heterocycles. The number of ether oxygens (including phenoxy) is 1. The Morgan fingerprint density at radius 2 is 1.90 bits per heavy atom. The SMILES string of the molecule is CC(C)C(C(=O)OC1CCN(C=N)CC1)c1ccccc1. The topological polar surface area (TPSA) is 53.4 Å². The van der Waals surface area contributed by atoms with Crippen molar-refractivity contribution >= 4 is 12.3 Å². The maximum absolute atomic E-state index is 12.5. The van der Waals surface area contributed by atoms with Crippen LogP contribution in [-0.4, -0.2) is 36.4 Å². The van der Waals surface area contributed by atoms with Crippen LogP contribution in [0.1, 0.15) is 38.2 Å². The molecule has 1 fully saturated rings. The Kier molecular flexibility index (Phi) is 5.37. The van der Waals surface area contributed by atoms with Gasteiger partial charge in [-0.1, -0.05) is 44.2 Å². The van der Waals surface area contributed by atoms with E-state index in [0.29, 0.717) is 0 Å². The number of piperidine rings is 1. The first-order valence-corrected chi connectivity index (χ1v) is 7.62. The minimum absolute atomic E-state index is 0.0151. The van der Waals surface area contributed by atoms with Gasteiger partial charge in [0.1, 0.15) is 6.10 Å². The number of esters is 1. The summed E-state index contributed by atoms with van der Waals surface area (Å²) in [5, 5.41) is 7.23. The molecular weight excluding hydrogens is 264 g/mol. The molecule has 0 amide bonds. The molecule has 0 aliphatic carbocycles. The van der Waals surface area contributed by atoms with Crippen molar-refractivity contribution in [3.05, 3.63) is 35.9 Å². The van der Waals surface area contributed by atoms with E-state index < -0.39 is 0 Å². The zero-order chi connectivity index (χ0) is 15.2. The van der Waals surface area contributed by atoms with E-state index in [1.807, 2.05) is 35.2 Å². The Morgan fingerprint density at radius 1 is 1.29 bits per heavy atom. The number of nitrogens with one attached hydrogen (secondary N) is 1. The molecule has 0 aromatic heterocycles. The molecule has 4 nitrogen and oxygen atoms in total. The molecule has 0 spiro atoms. The fourth-order valence-corrected chi connectivity index (χ4v) is 2.81. The Morgan fingerprint density at radius 3 is 2.43 bits per heavy atom. The van der Waals surface area contributed by atoms with Crippen molar-refractivity contribution in [3.63, 3.8) is 0 Å². The average molecular weight is 288 g/mol. The first-order chi connectivity index (χ1) is 10.1. The summed E-state index contributed by atoms with van der Waals surface area (Å²) in [7, 11) is 0. The third-order valence-corrected chi connectivity index (χ3v) is 4.02. The van der Waals surface area contributed by atoms with E-state index in [2.05, 4.69) is 13.8 Å². The van der Waals surface area contributed by atoms with Gasteiger partial charge in [0.15, 0.2) is 0 Å². The zero-order valence-electron chi connectivity index (χ0n) is 12.8. The number of nitrogens with zero attached hydrogens (tertiary/aromatic N) is 1. The highest BCUT2D eigenvalue weighted by Crippen LogP contribution is 2.27. The molecule has 1 atom stereocenters. The van der Waals surface area contributed by atoms with Crippen LogP contribution in [0.2, 0.25) is 0 Å². The van der Waals surface area contributed by atoms with Crippen LogP contribution < -0.4 is 0 Å². The standard InChI is InChI=1S/C17H24N2O2/c1-13(2)16(14-6-4-3-5-7-14)17(20)21-15-8-10-19(12-18)11-9-15/h3-7,12-13,15-16,18H,8-11H2,1-2H3. The molecule has 4 heteroatoms. The fraction of sp³-hybridized carbons (Fsp3) is 0.529. The molecule has 21 heavy (non-hydrogen) atoms. The smallest absolute Gasteiger partial charge is 0.313 e. The molecule has 114 valence electrons. The zero-order valence-corrected chi connectivity index (χ0v) is 12.8. The van der Waals surface area contributed by atoms with E-state index in [-0.39, 0.29) is 23.9 Å². The number of rotatable bonds is 5. The van der Waals surface area contributed by atoms with Crippen molar-refractivity contribution in [1.29, 1.82) is 5.41 Å². The molecule has 1 aliphatic rings. The summed E-state index contributed by atoms with van der Waals surface area (Å²) in [6.07, 6.45) is 2.96. The van der Waals surface area contributed by atoms with Gasteiger partial charge >= 0.3 is 5.97 Å². The van der Waals surface area contributed by atoms with Crippen LogP contribution >= 0.6 is 0 Å². The lowest BCUT2D eigenvalue weighted by Gasteiger charge is -2.31. The van der Waals surface area contributed by atoms with Gasteiger partial charge in [0.25, 0.3) is 0 Å². The van der Waals surface area contributed by atoms with Gasteiger partial charge in [-0.05, 0) is 11.5 Å². The molecule has 2 rings (SSSR count). The highest BCUT2D eigenvalue weighted by molar-refractivity contribution is 5.78. The molecule has 0 radical (unpaired) electrons. The number of benzene rings is 1. The number of hydrogen-bond acceptors (Lipinski definition) is 3. The minimum Gasteiger partial charge on any atom is -0.462 e. The summed E-state index contributed by atoms with van der Waals surface area (Å²) in [6, 6.07) is 9.85. The number of carbonyl (C=O) groups is 1. The Bertz CT molecular complexity index is 465. The third-order valence-electron chi connectivity index (χ3n) is 4.02. The molecule has 1 aromatic carbocycles. The van der Waals surface area contributed by atoms with Gasteiger partial charge in [-0.25, -0.2) is 0 Å². The van der Waals surface area contributed by atoms with Gasteiger partial charge in [-0.3, -0.25) is 10.2 Å². The van der Waals surface area contributed by atoms with E-state index >= 15 is 0 Å². The lowest BCUT2D eigenvalue weighted by Crippen LogP contribution is -2.37. The van der Waals surface area contributed by atoms with E-state index in [9.17, 15) is 4.79 Å². The molecule has 1 heterocycles. The number of hydrogen-bond donors (Lipinski definition) is 1. The number of carbonyl (C=O) groups excluding carboxylic acids is 1. The maximum Gasteiger partial charge on any atom is 0.313 e. The van der Waals surface area contributed by atoms with Crippen molar-refractivity contribution < 1.29 is 9.53 Å². The van der Waals surface area contributed by atoms with E-state index in [1.54, 1.807) is 0 Å². The van der Waals surface area contributed by atoms with Crippen LogP contribution in [0.15, 0.2) is 30.3 Å². The van der Waals surface area contributed by atoms with Gasteiger partial charge < -0.3 is 9.64 Å². The van der Waals surface area contributed by atoms with Crippen LogP contribution in [0.5, 0.6) is 0 Å². The first kappa shape index (κ1) is 15.5. The van der Waals surface area contributed by atoms with E-state index in [0.717, 1.165) is 31.5 Å². The first-order valence-electron chi connectivity index (χ1n) is 7.62. The van der Waals surface area contributed by atoms with E-state index in [4.69, 9.17) is 10.1 Å². The van der Waals surface area contributed by atoms with Crippen molar-refractivity contribution in [2.45, 2.75) is 38.7 Å². The van der Waals surface area contributed by atoms with Crippen LogP contribution in [0.25, 0.3) is 0 Å². The molecule has 0 saturated carbocycles. The van der Waals surface area contributed by atoms with Crippen molar-refractivity contribution in [2.24, 2.45) is 5.92 Å². The summed E-state index contributed by atoms with van der Waals surface area (Å²) in [5.74, 6) is -0.113. The van der Waals surface area contributed by atoms with E-state index in [1.165, 1.54) is 6.34 Å². The second kappa shape index (κ2) is 7.25. The van der Waals surface area contributed by atoms with Crippen LogP contribution in [0.3, 0.4) is 0 Å². The van der Waals surface area contributed by atoms with Crippen molar-refractivity contribution in [2.75, 3.05) is 13.1 Å². The van der Waals surface area contributed by atoms with Crippen LogP contribution in [0.4, 0.5) is 0 Å². The highest BCUT2D eigenvalue weighted by atomic mass is 16.5. The predicted molar refractivity (Wildman–Crippen MR) is 83.5 cm³/mol. The largest absolute Gasteiger partial charge is 0.462 e. The monoisotopic (exact) mass is 288 g/mol. The normalized spacial score (nSPS) is 17.6. The molecule has 1 N–H and O–H groups in total. The number of likely N-dealkylation sites (tertiary alicyclic amines) is 1. The molecule has 1 aliphatic heterocycles. The van der Waals surface area contributed by atoms with Gasteiger partial charge in [0, 0.05) is 25.9 Å². The second-order valence-corrected chi connectivity index (χ2v) is 5.93. The Hall–Kier alpha value is -1.84. The van der Waals surface area contributed by atoms with Gasteiger partial charge in [0.2, 0.25) is 0 Å². The summed E-state index contributed by atoms with van der Waals surface area (Å²) in [4.78, 5) is 14.5. The molecule has 1 unspecified atom stereocenters. The molecular formula is C17H24N2O2. The lowest BCUT2D eigenvalue weighted by molar-refractivity contribution is -0.153. The maximum atomic E-state index is 12.5. The summed E-state index contributed by atoms with van der Waals surface area (Å²) >= 11 is 0. The summed E-state index contributed by atoms with van der Waals surface area (Å²) in [6.45, 7) is 5.69. The predicted octanol–water partition coefficient (Wildman–Crippen LogP) is 3.04. The van der Waals surface area contributed by atoms with Gasteiger partial charge in [0.05, 0.1) is 12.3 Å². The summed E-state index contributed by atoms with van der Waals surface area (Å²) < 4.78 is 5.72.